The first kappa shape index (κ1) is 22.8. The van der Waals surface area contributed by atoms with Crippen molar-refractivity contribution < 1.29 is 19.4 Å². The Hall–Kier alpha value is -3.83. The van der Waals surface area contributed by atoms with E-state index in [4.69, 9.17) is 14.7 Å². The van der Waals surface area contributed by atoms with Crippen LogP contribution in [0.25, 0.3) is 0 Å². The summed E-state index contributed by atoms with van der Waals surface area (Å²) in [5, 5.41) is 21.9. The number of aryl methyl sites for hydroxylation is 1. The standard InChI is InChI=1S/C15H13N3O3.C9H13NO/c1-21-13-6-10(7-16)2-3-12(13)15(14(19)20)5-4-11-8-17-9-18(11)15;1-10-7-8-4-3-5-9(6-8)11-2/h2-3,6,8-9H,4-5H2,1H3,(H,19,20);3-6,10H,7H2,1-2H3. The average Bonchev–Trinajstić information content (AvgIpc) is 3.43. The molecule has 1 aromatic heterocycles. The number of carbonyl (C=O) groups is 1. The van der Waals surface area contributed by atoms with Crippen molar-refractivity contribution in [3.8, 4) is 17.6 Å². The van der Waals surface area contributed by atoms with Gasteiger partial charge in [-0.1, -0.05) is 18.2 Å². The molecule has 1 atom stereocenters. The van der Waals surface area contributed by atoms with E-state index >= 15 is 0 Å². The number of nitriles is 1. The second-order valence-electron chi connectivity index (χ2n) is 7.33. The first-order chi connectivity index (χ1) is 15.5. The number of aromatic nitrogens is 2. The molecule has 8 heteroatoms. The number of imidazole rings is 1. The highest BCUT2D eigenvalue weighted by Crippen LogP contribution is 2.42. The van der Waals surface area contributed by atoms with Gasteiger partial charge in [-0.05, 0) is 49.7 Å². The second kappa shape index (κ2) is 9.98. The van der Waals surface area contributed by atoms with Gasteiger partial charge >= 0.3 is 5.97 Å². The molecular formula is C24H26N4O4. The largest absolute Gasteiger partial charge is 0.497 e. The monoisotopic (exact) mass is 434 g/mol. The van der Waals surface area contributed by atoms with Crippen LogP contribution in [0.2, 0.25) is 0 Å². The van der Waals surface area contributed by atoms with Crippen LogP contribution >= 0.6 is 0 Å². The van der Waals surface area contributed by atoms with Crippen molar-refractivity contribution in [2.45, 2.75) is 24.9 Å². The number of carboxylic acid groups (broad SMARTS) is 1. The number of methoxy groups -OCH3 is 2. The second-order valence-corrected chi connectivity index (χ2v) is 7.33. The van der Waals surface area contributed by atoms with Gasteiger partial charge in [-0.15, -0.1) is 0 Å². The number of benzene rings is 2. The zero-order valence-electron chi connectivity index (χ0n) is 18.3. The molecule has 0 aliphatic carbocycles. The quantitative estimate of drug-likeness (QED) is 0.614. The Morgan fingerprint density at radius 2 is 2.09 bits per heavy atom. The van der Waals surface area contributed by atoms with Crippen LogP contribution in [0.5, 0.6) is 11.5 Å². The summed E-state index contributed by atoms with van der Waals surface area (Å²) in [6.45, 7) is 0.886. The van der Waals surface area contributed by atoms with Crippen LogP contribution < -0.4 is 14.8 Å². The predicted molar refractivity (Wildman–Crippen MR) is 119 cm³/mol. The van der Waals surface area contributed by atoms with Gasteiger partial charge in [0.1, 0.15) is 11.5 Å². The van der Waals surface area contributed by atoms with Crippen molar-refractivity contribution in [1.82, 2.24) is 14.9 Å². The molecule has 0 bridgehead atoms. The normalized spacial score (nSPS) is 16.3. The van der Waals surface area contributed by atoms with Crippen LogP contribution in [0.4, 0.5) is 0 Å². The third-order valence-corrected chi connectivity index (χ3v) is 5.51. The molecule has 32 heavy (non-hydrogen) atoms. The minimum absolute atomic E-state index is 0.401. The third-order valence-electron chi connectivity index (χ3n) is 5.51. The lowest BCUT2D eigenvalue weighted by atomic mass is 9.86. The number of nitrogens with zero attached hydrogens (tertiary/aromatic N) is 3. The summed E-state index contributed by atoms with van der Waals surface area (Å²) < 4.78 is 12.1. The Labute approximate surface area is 187 Å². The molecule has 0 saturated carbocycles. The third kappa shape index (κ3) is 4.29. The predicted octanol–water partition coefficient (Wildman–Crippen LogP) is 2.95. The van der Waals surface area contributed by atoms with E-state index in [0.29, 0.717) is 29.7 Å². The minimum atomic E-state index is -1.23. The van der Waals surface area contributed by atoms with Crippen LogP contribution in [0, 0.1) is 11.3 Å². The lowest BCUT2D eigenvalue weighted by molar-refractivity contribution is -0.145. The molecule has 8 nitrogen and oxygen atoms in total. The highest BCUT2D eigenvalue weighted by atomic mass is 16.5. The van der Waals surface area contributed by atoms with Crippen LogP contribution in [0.15, 0.2) is 55.0 Å². The van der Waals surface area contributed by atoms with Gasteiger partial charge in [-0.3, -0.25) is 0 Å². The van der Waals surface area contributed by atoms with E-state index in [2.05, 4.69) is 16.4 Å². The van der Waals surface area contributed by atoms with Crippen LogP contribution in [0.1, 0.15) is 28.8 Å². The highest BCUT2D eigenvalue weighted by molar-refractivity contribution is 5.83. The van der Waals surface area contributed by atoms with E-state index in [9.17, 15) is 9.90 Å². The zero-order chi connectivity index (χ0) is 23.1. The van der Waals surface area contributed by atoms with Crippen LogP contribution in [-0.4, -0.2) is 41.9 Å². The van der Waals surface area contributed by atoms with E-state index in [0.717, 1.165) is 18.0 Å². The van der Waals surface area contributed by atoms with Crippen molar-refractivity contribution in [2.75, 3.05) is 21.3 Å². The van der Waals surface area contributed by atoms with Gasteiger partial charge in [0.05, 0.1) is 32.2 Å². The van der Waals surface area contributed by atoms with Gasteiger partial charge < -0.3 is 24.5 Å². The SMILES string of the molecule is CNCc1cccc(OC)c1.COc1cc(C#N)ccc1C1(C(=O)O)CCc2cncn21. The van der Waals surface area contributed by atoms with Gasteiger partial charge in [0.25, 0.3) is 0 Å². The molecule has 0 spiro atoms. The fourth-order valence-electron chi connectivity index (χ4n) is 3.96. The first-order valence-corrected chi connectivity index (χ1v) is 10.1. The molecule has 0 radical (unpaired) electrons. The molecule has 1 aliphatic heterocycles. The molecule has 0 amide bonds. The van der Waals surface area contributed by atoms with Crippen molar-refractivity contribution in [2.24, 2.45) is 0 Å². The number of aliphatic carboxylic acids is 1. The zero-order valence-corrected chi connectivity index (χ0v) is 18.3. The van der Waals surface area contributed by atoms with Gasteiger partial charge in [0.2, 0.25) is 0 Å². The van der Waals surface area contributed by atoms with Crippen LogP contribution in [0.3, 0.4) is 0 Å². The molecule has 2 aromatic carbocycles. The first-order valence-electron chi connectivity index (χ1n) is 10.1. The summed E-state index contributed by atoms with van der Waals surface area (Å²) in [5.74, 6) is 0.359. The maximum atomic E-state index is 12.0. The molecule has 1 unspecified atom stereocenters. The van der Waals surface area contributed by atoms with Crippen LogP contribution in [-0.2, 0) is 23.3 Å². The van der Waals surface area contributed by atoms with Gasteiger partial charge in [0, 0.05) is 24.0 Å². The molecule has 166 valence electrons. The maximum absolute atomic E-state index is 12.0. The minimum Gasteiger partial charge on any atom is -0.497 e. The lowest BCUT2D eigenvalue weighted by Gasteiger charge is -2.28. The summed E-state index contributed by atoms with van der Waals surface area (Å²) in [6, 6.07) is 14.9. The summed E-state index contributed by atoms with van der Waals surface area (Å²) in [4.78, 5) is 16.1. The van der Waals surface area contributed by atoms with E-state index in [1.807, 2.05) is 31.3 Å². The Morgan fingerprint density at radius 3 is 2.75 bits per heavy atom. The fourth-order valence-corrected chi connectivity index (χ4v) is 3.96. The number of hydrogen-bond donors (Lipinski definition) is 2. The Balaban J connectivity index is 0.000000222. The fraction of sp³-hybridized carbons (Fsp3) is 0.292. The van der Waals surface area contributed by atoms with Gasteiger partial charge in [0.15, 0.2) is 5.54 Å². The van der Waals surface area contributed by atoms with Gasteiger partial charge in [-0.2, -0.15) is 5.26 Å². The lowest BCUT2D eigenvalue weighted by Crippen LogP contribution is -2.40. The number of carboxylic acids is 1. The molecule has 0 saturated heterocycles. The van der Waals surface area contributed by atoms with E-state index in [-0.39, 0.29) is 0 Å². The molecular weight excluding hydrogens is 408 g/mol. The summed E-state index contributed by atoms with van der Waals surface area (Å²) in [6.07, 6.45) is 4.28. The average molecular weight is 434 g/mol. The highest BCUT2D eigenvalue weighted by Gasteiger charge is 2.48. The number of rotatable bonds is 6. The molecule has 2 N–H and O–H groups in total. The Morgan fingerprint density at radius 1 is 1.28 bits per heavy atom. The maximum Gasteiger partial charge on any atom is 0.334 e. The molecule has 1 aliphatic rings. The van der Waals surface area contributed by atoms with E-state index < -0.39 is 11.5 Å². The topological polar surface area (TPSA) is 109 Å². The van der Waals surface area contributed by atoms with Gasteiger partial charge in [-0.25, -0.2) is 9.78 Å². The summed E-state index contributed by atoms with van der Waals surface area (Å²) in [7, 11) is 5.08. The molecule has 3 aromatic rings. The number of hydrogen-bond acceptors (Lipinski definition) is 6. The van der Waals surface area contributed by atoms with Crippen molar-refractivity contribution in [3.05, 3.63) is 77.4 Å². The number of ether oxygens (including phenoxy) is 2. The summed E-state index contributed by atoms with van der Waals surface area (Å²) >= 11 is 0. The number of nitrogens with one attached hydrogen (secondary N) is 1. The number of fused-ring (bicyclic) bond motifs is 1. The Kier molecular flexibility index (Phi) is 7.13. The van der Waals surface area contributed by atoms with E-state index in [1.54, 1.807) is 36.1 Å². The van der Waals surface area contributed by atoms with Crippen molar-refractivity contribution in [3.63, 3.8) is 0 Å². The molecule has 2 heterocycles. The smallest absolute Gasteiger partial charge is 0.334 e. The molecule has 0 fully saturated rings. The van der Waals surface area contributed by atoms with E-state index in [1.165, 1.54) is 19.0 Å². The van der Waals surface area contributed by atoms with Crippen molar-refractivity contribution in [1.29, 1.82) is 5.26 Å². The summed E-state index contributed by atoms with van der Waals surface area (Å²) in [5.41, 5.74) is 1.86. The Bertz CT molecular complexity index is 1140. The van der Waals surface area contributed by atoms with Crippen molar-refractivity contribution >= 4 is 5.97 Å². The molecule has 4 rings (SSSR count).